The number of carbonyl (C=O) groups excluding carboxylic acids is 1. The van der Waals surface area contributed by atoms with E-state index in [2.05, 4.69) is 17.2 Å². The summed E-state index contributed by atoms with van der Waals surface area (Å²) in [6, 6.07) is 10.6. The molecule has 3 rings (SSSR count). The third-order valence-electron chi connectivity index (χ3n) is 4.87. The monoisotopic (exact) mass is 418 g/mol. The average Bonchev–Trinajstić information content (AvgIpc) is 3.10. The minimum atomic E-state index is -4.35. The molecule has 7 heteroatoms. The first-order valence-electron chi connectivity index (χ1n) is 10.1. The maximum atomic E-state index is 12.6. The van der Waals surface area contributed by atoms with Gasteiger partial charge in [0.2, 0.25) is 5.91 Å². The quantitative estimate of drug-likeness (QED) is 0.399. The molecule has 0 aliphatic carbocycles. The number of anilines is 1. The van der Waals surface area contributed by atoms with Crippen molar-refractivity contribution in [1.82, 2.24) is 4.98 Å². The molecular formula is C23H25F3N2O2. The lowest BCUT2D eigenvalue weighted by Crippen LogP contribution is -2.10. The molecule has 2 N–H and O–H groups in total. The van der Waals surface area contributed by atoms with Crippen LogP contribution in [-0.2, 0) is 17.4 Å². The summed E-state index contributed by atoms with van der Waals surface area (Å²) >= 11 is 0. The number of aromatic nitrogens is 1. The first-order chi connectivity index (χ1) is 14.4. The Morgan fingerprint density at radius 3 is 2.57 bits per heavy atom. The van der Waals surface area contributed by atoms with Gasteiger partial charge in [-0.2, -0.15) is 13.2 Å². The van der Waals surface area contributed by atoms with Crippen LogP contribution in [0.15, 0.2) is 48.7 Å². The van der Waals surface area contributed by atoms with Crippen molar-refractivity contribution in [3.05, 3.63) is 59.8 Å². The normalized spacial score (nSPS) is 11.6. The highest BCUT2D eigenvalue weighted by atomic mass is 19.4. The van der Waals surface area contributed by atoms with Crippen molar-refractivity contribution in [3.63, 3.8) is 0 Å². The lowest BCUT2D eigenvalue weighted by atomic mass is 10.1. The van der Waals surface area contributed by atoms with Gasteiger partial charge in [-0.25, -0.2) is 0 Å². The number of halogens is 3. The van der Waals surface area contributed by atoms with Gasteiger partial charge in [0.05, 0.1) is 17.9 Å². The van der Waals surface area contributed by atoms with Crippen LogP contribution in [0.25, 0.3) is 10.9 Å². The number of fused-ring (bicyclic) bond motifs is 1. The second-order valence-corrected chi connectivity index (χ2v) is 7.21. The number of nitrogens with one attached hydrogen (secondary N) is 2. The number of unbranched alkanes of at least 4 members (excludes halogenated alkanes) is 2. The Morgan fingerprint density at radius 2 is 1.87 bits per heavy atom. The minimum Gasteiger partial charge on any atom is -0.493 e. The number of rotatable bonds is 9. The Kier molecular flexibility index (Phi) is 7.03. The van der Waals surface area contributed by atoms with E-state index in [1.807, 2.05) is 18.2 Å². The molecule has 0 unspecified atom stereocenters. The fourth-order valence-electron chi connectivity index (χ4n) is 3.20. The van der Waals surface area contributed by atoms with Gasteiger partial charge in [0.25, 0.3) is 0 Å². The van der Waals surface area contributed by atoms with E-state index in [1.165, 1.54) is 12.1 Å². The Balaban J connectivity index is 1.58. The zero-order valence-electron chi connectivity index (χ0n) is 16.8. The molecule has 2 aromatic carbocycles. The number of hydrogen-bond acceptors (Lipinski definition) is 2. The maximum Gasteiger partial charge on any atom is 0.416 e. The molecule has 0 atom stereocenters. The molecule has 4 nitrogen and oxygen atoms in total. The van der Waals surface area contributed by atoms with Crippen LogP contribution in [0.4, 0.5) is 18.9 Å². The van der Waals surface area contributed by atoms with Gasteiger partial charge in [0.1, 0.15) is 5.75 Å². The minimum absolute atomic E-state index is 0.000361. The van der Waals surface area contributed by atoms with E-state index in [-0.39, 0.29) is 5.91 Å². The summed E-state index contributed by atoms with van der Waals surface area (Å²) in [4.78, 5) is 15.3. The molecule has 0 fully saturated rings. The molecule has 160 valence electrons. The number of aromatic amines is 1. The molecule has 0 saturated carbocycles. The van der Waals surface area contributed by atoms with E-state index in [4.69, 9.17) is 4.74 Å². The average molecular weight is 418 g/mol. The first-order valence-corrected chi connectivity index (χ1v) is 10.1. The van der Waals surface area contributed by atoms with Crippen molar-refractivity contribution in [3.8, 4) is 5.75 Å². The van der Waals surface area contributed by atoms with E-state index < -0.39 is 11.7 Å². The molecule has 0 radical (unpaired) electrons. The van der Waals surface area contributed by atoms with Gasteiger partial charge in [0, 0.05) is 29.9 Å². The molecule has 1 aromatic heterocycles. The molecule has 3 aromatic rings. The Hall–Kier alpha value is -2.96. The molecule has 1 heterocycles. The lowest BCUT2D eigenvalue weighted by Gasteiger charge is -2.09. The fraction of sp³-hybridized carbons (Fsp3) is 0.348. The van der Waals surface area contributed by atoms with Crippen molar-refractivity contribution >= 4 is 22.5 Å². The van der Waals surface area contributed by atoms with Crippen molar-refractivity contribution < 1.29 is 22.7 Å². The van der Waals surface area contributed by atoms with Crippen LogP contribution in [0.3, 0.4) is 0 Å². The van der Waals surface area contributed by atoms with Crippen LogP contribution in [0.5, 0.6) is 5.75 Å². The zero-order chi connectivity index (χ0) is 21.6. The van der Waals surface area contributed by atoms with E-state index >= 15 is 0 Å². The molecular weight excluding hydrogens is 393 g/mol. The summed E-state index contributed by atoms with van der Waals surface area (Å²) in [7, 11) is 0. The SMILES string of the molecule is CCCCCC(=O)Nc1c[nH]c2ccc(CCOc3ccc(C(F)(F)F)cc3)cc12. The summed E-state index contributed by atoms with van der Waals surface area (Å²) in [5.74, 6) is 0.395. The molecule has 0 aliphatic rings. The van der Waals surface area contributed by atoms with Crippen LogP contribution < -0.4 is 10.1 Å². The number of alkyl halides is 3. The van der Waals surface area contributed by atoms with Crippen LogP contribution in [0, 0.1) is 0 Å². The Bertz CT molecular complexity index is 978. The highest BCUT2D eigenvalue weighted by molar-refractivity contribution is 6.01. The van der Waals surface area contributed by atoms with Gasteiger partial charge in [-0.3, -0.25) is 4.79 Å². The standard InChI is InChI=1S/C23H25F3N2O2/c1-2-3-4-5-22(29)28-21-15-27-20-11-6-16(14-19(20)21)12-13-30-18-9-7-17(8-10-18)23(24,25)26/h6-11,14-15,27H,2-5,12-13H2,1H3,(H,28,29). The highest BCUT2D eigenvalue weighted by Gasteiger charge is 2.30. The van der Waals surface area contributed by atoms with Gasteiger partial charge >= 0.3 is 6.18 Å². The Morgan fingerprint density at radius 1 is 1.10 bits per heavy atom. The summed E-state index contributed by atoms with van der Waals surface area (Å²) < 4.78 is 43.4. The van der Waals surface area contributed by atoms with Gasteiger partial charge in [0.15, 0.2) is 0 Å². The van der Waals surface area contributed by atoms with Crippen molar-refractivity contribution in [2.75, 3.05) is 11.9 Å². The van der Waals surface area contributed by atoms with Gasteiger partial charge in [-0.15, -0.1) is 0 Å². The first kappa shape index (κ1) is 21.7. The van der Waals surface area contributed by atoms with Crippen LogP contribution in [0.2, 0.25) is 0 Å². The van der Waals surface area contributed by atoms with E-state index in [0.717, 1.165) is 53.5 Å². The van der Waals surface area contributed by atoms with E-state index in [9.17, 15) is 18.0 Å². The van der Waals surface area contributed by atoms with Gasteiger partial charge in [-0.1, -0.05) is 25.8 Å². The fourth-order valence-corrected chi connectivity index (χ4v) is 3.20. The summed E-state index contributed by atoms with van der Waals surface area (Å²) in [6.07, 6.45) is 1.49. The predicted molar refractivity (Wildman–Crippen MR) is 112 cm³/mol. The van der Waals surface area contributed by atoms with Gasteiger partial charge < -0.3 is 15.0 Å². The van der Waals surface area contributed by atoms with E-state index in [0.29, 0.717) is 25.2 Å². The van der Waals surface area contributed by atoms with Crippen LogP contribution in [0.1, 0.15) is 43.7 Å². The third-order valence-corrected chi connectivity index (χ3v) is 4.87. The number of H-pyrrole nitrogens is 1. The number of benzene rings is 2. The number of hydrogen-bond donors (Lipinski definition) is 2. The van der Waals surface area contributed by atoms with E-state index in [1.54, 1.807) is 6.20 Å². The second kappa shape index (κ2) is 9.69. The van der Waals surface area contributed by atoms with Crippen LogP contribution in [-0.4, -0.2) is 17.5 Å². The molecule has 0 bridgehead atoms. The summed E-state index contributed by atoms with van der Waals surface area (Å²) in [5, 5.41) is 3.88. The van der Waals surface area contributed by atoms with Crippen molar-refractivity contribution in [2.45, 2.75) is 45.2 Å². The van der Waals surface area contributed by atoms with Crippen molar-refractivity contribution in [1.29, 1.82) is 0 Å². The highest BCUT2D eigenvalue weighted by Crippen LogP contribution is 2.30. The zero-order valence-corrected chi connectivity index (χ0v) is 16.8. The molecule has 0 spiro atoms. The second-order valence-electron chi connectivity index (χ2n) is 7.21. The van der Waals surface area contributed by atoms with Crippen LogP contribution >= 0.6 is 0 Å². The molecule has 0 aliphatic heterocycles. The maximum absolute atomic E-state index is 12.6. The lowest BCUT2D eigenvalue weighted by molar-refractivity contribution is -0.137. The van der Waals surface area contributed by atoms with Gasteiger partial charge in [-0.05, 0) is 48.4 Å². The number of amides is 1. The van der Waals surface area contributed by atoms with Crippen molar-refractivity contribution in [2.24, 2.45) is 0 Å². The molecule has 30 heavy (non-hydrogen) atoms. The number of ether oxygens (including phenoxy) is 1. The Labute approximate surface area is 173 Å². The predicted octanol–water partition coefficient (Wildman–Crippen LogP) is 6.33. The topological polar surface area (TPSA) is 54.1 Å². The smallest absolute Gasteiger partial charge is 0.416 e. The largest absolute Gasteiger partial charge is 0.493 e. The summed E-state index contributed by atoms with van der Waals surface area (Å²) in [6.45, 7) is 2.43. The molecule has 0 saturated heterocycles. The number of carbonyl (C=O) groups is 1. The third kappa shape index (κ3) is 5.78. The summed E-state index contributed by atoms with van der Waals surface area (Å²) in [5.41, 5.74) is 1.98. The molecule has 1 amide bonds.